The molecule has 30 heavy (non-hydrogen) atoms. The molecule has 2 aliphatic rings. The monoisotopic (exact) mass is 418 g/mol. The lowest BCUT2D eigenvalue weighted by Gasteiger charge is -2.17. The van der Waals surface area contributed by atoms with Crippen LogP contribution in [0, 0.1) is 6.92 Å². The van der Waals surface area contributed by atoms with Gasteiger partial charge in [0.2, 0.25) is 6.79 Å². The van der Waals surface area contributed by atoms with Gasteiger partial charge in [0, 0.05) is 17.7 Å². The number of aliphatic imine (C=N–C) groups is 1. The smallest absolute Gasteiger partial charge is 0.231 e. The molecule has 1 aromatic heterocycles. The van der Waals surface area contributed by atoms with Crippen LogP contribution in [0.3, 0.4) is 0 Å². The molecular formula is C24H22N2O3S. The van der Waals surface area contributed by atoms with Crippen molar-refractivity contribution in [3.05, 3.63) is 63.7 Å². The molecule has 0 radical (unpaired) electrons. The number of benzene rings is 2. The van der Waals surface area contributed by atoms with Crippen LogP contribution in [-0.4, -0.2) is 29.8 Å². The van der Waals surface area contributed by atoms with Gasteiger partial charge in [0.05, 0.1) is 22.7 Å². The average molecular weight is 419 g/mol. The molecule has 0 N–H and O–H groups in total. The number of thiazole rings is 1. The second-order valence-corrected chi connectivity index (χ2v) is 8.52. The molecule has 0 saturated carbocycles. The van der Waals surface area contributed by atoms with E-state index in [1.807, 2.05) is 19.1 Å². The molecular weight excluding hydrogens is 396 g/mol. The summed E-state index contributed by atoms with van der Waals surface area (Å²) in [5.74, 6) is 1.56. The normalized spacial score (nSPS) is 14.4. The number of fused-ring (bicyclic) bond motifs is 2. The third-order valence-corrected chi connectivity index (χ3v) is 6.83. The van der Waals surface area contributed by atoms with Crippen LogP contribution in [0.5, 0.6) is 11.5 Å². The molecule has 5 nitrogen and oxygen atoms in total. The highest BCUT2D eigenvalue weighted by molar-refractivity contribution is 7.17. The van der Waals surface area contributed by atoms with E-state index in [0.717, 1.165) is 57.4 Å². The first-order valence-corrected chi connectivity index (χ1v) is 11.0. The lowest BCUT2D eigenvalue weighted by atomic mass is 9.94. The van der Waals surface area contributed by atoms with Crippen LogP contribution in [-0.2, 0) is 12.8 Å². The zero-order valence-electron chi connectivity index (χ0n) is 17.0. The fourth-order valence-corrected chi connectivity index (χ4v) is 4.91. The van der Waals surface area contributed by atoms with E-state index in [-0.39, 0.29) is 19.0 Å². The molecule has 0 spiro atoms. The minimum atomic E-state index is 0.0608. The van der Waals surface area contributed by atoms with Crippen LogP contribution in [0.2, 0.25) is 0 Å². The maximum absolute atomic E-state index is 13.2. The van der Waals surface area contributed by atoms with E-state index in [9.17, 15) is 4.79 Å². The Morgan fingerprint density at radius 1 is 1.13 bits per heavy atom. The number of ketones is 1. The summed E-state index contributed by atoms with van der Waals surface area (Å²) in [5.41, 5.74) is 6.10. The van der Waals surface area contributed by atoms with Crippen LogP contribution in [0.15, 0.2) is 41.4 Å². The summed E-state index contributed by atoms with van der Waals surface area (Å²) >= 11 is 1.46. The first-order valence-electron chi connectivity index (χ1n) is 10.2. The molecule has 5 rings (SSSR count). The first-order chi connectivity index (χ1) is 14.6. The third-order valence-electron chi connectivity index (χ3n) is 5.58. The molecule has 0 unspecified atom stereocenters. The van der Waals surface area contributed by atoms with Crippen LogP contribution >= 0.6 is 11.3 Å². The lowest BCUT2D eigenvalue weighted by Crippen LogP contribution is -2.17. The molecule has 152 valence electrons. The third kappa shape index (κ3) is 3.41. The summed E-state index contributed by atoms with van der Waals surface area (Å²) in [7, 11) is 0. The highest BCUT2D eigenvalue weighted by atomic mass is 32.1. The lowest BCUT2D eigenvalue weighted by molar-refractivity contribution is 0.100. The minimum Gasteiger partial charge on any atom is -0.454 e. The van der Waals surface area contributed by atoms with Crippen LogP contribution in [0.4, 0.5) is 0 Å². The summed E-state index contributed by atoms with van der Waals surface area (Å²) in [4.78, 5) is 23.2. The van der Waals surface area contributed by atoms with E-state index in [1.165, 1.54) is 16.9 Å². The molecule has 2 aromatic carbocycles. The van der Waals surface area contributed by atoms with E-state index in [0.29, 0.717) is 11.4 Å². The van der Waals surface area contributed by atoms with Gasteiger partial charge < -0.3 is 9.47 Å². The Bertz CT molecular complexity index is 1160. The van der Waals surface area contributed by atoms with Gasteiger partial charge in [-0.1, -0.05) is 31.2 Å². The predicted molar refractivity (Wildman–Crippen MR) is 118 cm³/mol. The molecule has 0 bridgehead atoms. The summed E-state index contributed by atoms with van der Waals surface area (Å²) < 4.78 is 11.0. The standard InChI is InChI=1S/C24H22N2O3S/c1-3-15-4-6-16(7-5-15)24-26-14(2)23(30-24)20(27)12-19-18-11-22-21(28-13-29-22)10-17(18)8-9-25-19/h4-7,10-11H,3,8-9,12-13H2,1-2H3. The number of Topliss-reactive ketones (excluding diaryl/α,β-unsaturated/α-hetero) is 1. The molecule has 6 heteroatoms. The Hall–Kier alpha value is -2.99. The highest BCUT2D eigenvalue weighted by Crippen LogP contribution is 2.37. The van der Waals surface area contributed by atoms with Crippen molar-refractivity contribution in [3.8, 4) is 22.1 Å². The fraction of sp³-hybridized carbons (Fsp3) is 0.292. The summed E-state index contributed by atoms with van der Waals surface area (Å²) in [6, 6.07) is 12.4. The molecule has 2 aliphatic heterocycles. The Morgan fingerprint density at radius 2 is 1.90 bits per heavy atom. The van der Waals surface area contributed by atoms with E-state index < -0.39 is 0 Å². The zero-order valence-corrected chi connectivity index (χ0v) is 17.8. The largest absolute Gasteiger partial charge is 0.454 e. The van der Waals surface area contributed by atoms with Crippen molar-refractivity contribution >= 4 is 22.8 Å². The van der Waals surface area contributed by atoms with Crippen LogP contribution < -0.4 is 9.47 Å². The number of aromatic nitrogens is 1. The summed E-state index contributed by atoms with van der Waals surface area (Å²) in [6.45, 7) is 4.97. The molecule has 3 heterocycles. The summed E-state index contributed by atoms with van der Waals surface area (Å²) in [5, 5.41) is 0.882. The van der Waals surface area contributed by atoms with Crippen molar-refractivity contribution in [1.82, 2.24) is 4.98 Å². The quantitative estimate of drug-likeness (QED) is 0.546. The van der Waals surface area contributed by atoms with Gasteiger partial charge in [-0.25, -0.2) is 4.98 Å². The van der Waals surface area contributed by atoms with E-state index in [2.05, 4.69) is 41.2 Å². The van der Waals surface area contributed by atoms with Crippen molar-refractivity contribution < 1.29 is 14.3 Å². The topological polar surface area (TPSA) is 60.8 Å². The molecule has 0 fully saturated rings. The zero-order chi connectivity index (χ0) is 20.7. The van der Waals surface area contributed by atoms with Gasteiger partial charge >= 0.3 is 0 Å². The number of aryl methyl sites for hydroxylation is 2. The second kappa shape index (κ2) is 7.69. The number of rotatable bonds is 5. The van der Waals surface area contributed by atoms with Crippen molar-refractivity contribution in [1.29, 1.82) is 0 Å². The number of hydrogen-bond acceptors (Lipinski definition) is 6. The van der Waals surface area contributed by atoms with E-state index in [1.54, 1.807) is 0 Å². The van der Waals surface area contributed by atoms with Gasteiger partial charge in [0.15, 0.2) is 17.3 Å². The van der Waals surface area contributed by atoms with Crippen molar-refractivity contribution in [2.75, 3.05) is 13.3 Å². The maximum atomic E-state index is 13.2. The van der Waals surface area contributed by atoms with Gasteiger partial charge in [0.1, 0.15) is 5.01 Å². The Balaban J connectivity index is 1.40. The van der Waals surface area contributed by atoms with E-state index >= 15 is 0 Å². The number of carbonyl (C=O) groups excluding carboxylic acids is 1. The second-order valence-electron chi connectivity index (χ2n) is 7.53. The first kappa shape index (κ1) is 19.0. The number of ether oxygens (including phenoxy) is 2. The number of nitrogens with zero attached hydrogens (tertiary/aromatic N) is 2. The van der Waals surface area contributed by atoms with Gasteiger partial charge in [-0.2, -0.15) is 0 Å². The van der Waals surface area contributed by atoms with Crippen LogP contribution in [0.25, 0.3) is 10.6 Å². The van der Waals surface area contributed by atoms with Gasteiger partial charge in [-0.15, -0.1) is 11.3 Å². The van der Waals surface area contributed by atoms with E-state index in [4.69, 9.17) is 9.47 Å². The van der Waals surface area contributed by atoms with Gasteiger partial charge in [-0.05, 0) is 43.0 Å². The molecule has 0 aliphatic carbocycles. The molecule has 0 amide bonds. The Morgan fingerprint density at radius 3 is 2.67 bits per heavy atom. The Labute approximate surface area is 179 Å². The SMILES string of the molecule is CCc1ccc(-c2nc(C)c(C(=O)CC3=NCCc4cc5c(cc43)OCO5)s2)cc1. The average Bonchev–Trinajstić information content (AvgIpc) is 3.38. The number of hydrogen-bond donors (Lipinski definition) is 0. The molecule has 0 atom stereocenters. The maximum Gasteiger partial charge on any atom is 0.231 e. The summed E-state index contributed by atoms with van der Waals surface area (Å²) in [6.07, 6.45) is 2.12. The number of carbonyl (C=O) groups is 1. The Kier molecular flexibility index (Phi) is 4.87. The van der Waals surface area contributed by atoms with Gasteiger partial charge in [0.25, 0.3) is 0 Å². The fourth-order valence-electron chi connectivity index (χ4n) is 3.90. The highest BCUT2D eigenvalue weighted by Gasteiger charge is 2.25. The van der Waals surface area contributed by atoms with Gasteiger partial charge in [-0.3, -0.25) is 9.79 Å². The van der Waals surface area contributed by atoms with Crippen molar-refractivity contribution in [2.45, 2.75) is 33.1 Å². The molecule has 0 saturated heterocycles. The minimum absolute atomic E-state index is 0.0608. The van der Waals surface area contributed by atoms with Crippen molar-refractivity contribution in [2.24, 2.45) is 4.99 Å². The van der Waals surface area contributed by atoms with Crippen LogP contribution in [0.1, 0.15) is 45.4 Å². The van der Waals surface area contributed by atoms with Crippen molar-refractivity contribution in [3.63, 3.8) is 0 Å². The predicted octanol–water partition coefficient (Wildman–Crippen LogP) is 5.03. The molecule has 3 aromatic rings.